The van der Waals surface area contributed by atoms with E-state index >= 15 is 0 Å². The second-order valence-corrected chi connectivity index (χ2v) is 6.34. The molecule has 0 saturated carbocycles. The van der Waals surface area contributed by atoms with Crippen molar-refractivity contribution in [1.82, 2.24) is 14.9 Å². The lowest BCUT2D eigenvalue weighted by atomic mass is 9.87. The Morgan fingerprint density at radius 3 is 2.48 bits per heavy atom. The highest BCUT2D eigenvalue weighted by Gasteiger charge is 2.26. The molecule has 0 atom stereocenters. The standard InChI is InChI=1S/C19H23N3O/c1-13-6-4-5-7-17(13)16-8-10-22(11-9-16)19(23)18-12-20-15(3)21-14(18)2/h4-7,12,16H,8-11H2,1-3H3. The molecule has 1 aliphatic heterocycles. The van der Waals surface area contributed by atoms with Gasteiger partial charge < -0.3 is 4.90 Å². The highest BCUT2D eigenvalue weighted by atomic mass is 16.2. The molecule has 0 aliphatic carbocycles. The van der Waals surface area contributed by atoms with Crippen LogP contribution in [0.5, 0.6) is 0 Å². The van der Waals surface area contributed by atoms with Crippen LogP contribution in [0.15, 0.2) is 30.5 Å². The maximum absolute atomic E-state index is 12.7. The van der Waals surface area contributed by atoms with E-state index in [0.717, 1.165) is 31.6 Å². The summed E-state index contributed by atoms with van der Waals surface area (Å²) >= 11 is 0. The summed E-state index contributed by atoms with van der Waals surface area (Å²) in [6, 6.07) is 8.57. The second-order valence-electron chi connectivity index (χ2n) is 6.34. The summed E-state index contributed by atoms with van der Waals surface area (Å²) in [5.41, 5.74) is 4.17. The van der Waals surface area contributed by atoms with Gasteiger partial charge in [0.15, 0.2) is 0 Å². The minimum Gasteiger partial charge on any atom is -0.339 e. The molecule has 1 aromatic carbocycles. The molecule has 1 fully saturated rings. The zero-order valence-corrected chi connectivity index (χ0v) is 14.0. The van der Waals surface area contributed by atoms with Crippen LogP contribution in [0.3, 0.4) is 0 Å². The summed E-state index contributed by atoms with van der Waals surface area (Å²) in [6.45, 7) is 7.48. The van der Waals surface area contributed by atoms with Crippen LogP contribution in [-0.4, -0.2) is 33.9 Å². The zero-order chi connectivity index (χ0) is 16.4. The van der Waals surface area contributed by atoms with Gasteiger partial charge in [-0.15, -0.1) is 0 Å². The number of aromatic nitrogens is 2. The molecule has 0 N–H and O–H groups in total. The van der Waals surface area contributed by atoms with E-state index in [0.29, 0.717) is 17.3 Å². The number of aryl methyl sites for hydroxylation is 3. The van der Waals surface area contributed by atoms with E-state index in [-0.39, 0.29) is 5.91 Å². The second kappa shape index (κ2) is 6.49. The van der Waals surface area contributed by atoms with Gasteiger partial charge in [0.05, 0.1) is 11.3 Å². The first kappa shape index (κ1) is 15.7. The molecule has 4 nitrogen and oxygen atoms in total. The van der Waals surface area contributed by atoms with Crippen molar-refractivity contribution in [2.45, 2.75) is 39.5 Å². The van der Waals surface area contributed by atoms with Gasteiger partial charge in [-0.2, -0.15) is 0 Å². The Morgan fingerprint density at radius 1 is 1.13 bits per heavy atom. The quantitative estimate of drug-likeness (QED) is 0.854. The van der Waals surface area contributed by atoms with Gasteiger partial charge in [-0.1, -0.05) is 24.3 Å². The number of rotatable bonds is 2. The number of carbonyl (C=O) groups excluding carboxylic acids is 1. The van der Waals surface area contributed by atoms with Gasteiger partial charge in [0.25, 0.3) is 5.91 Å². The predicted octanol–water partition coefficient (Wildman–Crippen LogP) is 3.42. The van der Waals surface area contributed by atoms with Crippen LogP contribution in [0.25, 0.3) is 0 Å². The van der Waals surface area contributed by atoms with Gasteiger partial charge in [0.2, 0.25) is 0 Å². The lowest BCUT2D eigenvalue weighted by Crippen LogP contribution is -2.38. The summed E-state index contributed by atoms with van der Waals surface area (Å²) in [6.07, 6.45) is 3.69. The van der Waals surface area contributed by atoms with E-state index in [1.165, 1.54) is 11.1 Å². The summed E-state index contributed by atoms with van der Waals surface area (Å²) in [7, 11) is 0. The monoisotopic (exact) mass is 309 g/mol. The Kier molecular flexibility index (Phi) is 4.42. The molecular formula is C19H23N3O. The topological polar surface area (TPSA) is 46.1 Å². The third kappa shape index (κ3) is 3.26. The van der Waals surface area contributed by atoms with E-state index in [1.54, 1.807) is 6.20 Å². The third-order valence-electron chi connectivity index (χ3n) is 4.74. The molecule has 120 valence electrons. The van der Waals surface area contributed by atoms with Gasteiger partial charge in [0, 0.05) is 19.3 Å². The average molecular weight is 309 g/mol. The van der Waals surface area contributed by atoms with Crippen molar-refractivity contribution in [3.05, 3.63) is 58.7 Å². The third-order valence-corrected chi connectivity index (χ3v) is 4.74. The molecule has 23 heavy (non-hydrogen) atoms. The van der Waals surface area contributed by atoms with Crippen LogP contribution >= 0.6 is 0 Å². The average Bonchev–Trinajstić information content (AvgIpc) is 2.55. The van der Waals surface area contributed by atoms with E-state index in [4.69, 9.17) is 0 Å². The molecule has 1 aromatic heterocycles. The normalized spacial score (nSPS) is 15.7. The fourth-order valence-electron chi connectivity index (χ4n) is 3.40. The summed E-state index contributed by atoms with van der Waals surface area (Å²) in [4.78, 5) is 23.1. The Morgan fingerprint density at radius 2 is 1.83 bits per heavy atom. The predicted molar refractivity (Wildman–Crippen MR) is 90.6 cm³/mol. The number of nitrogens with zero attached hydrogens (tertiary/aromatic N) is 3. The smallest absolute Gasteiger partial charge is 0.257 e. The molecule has 2 heterocycles. The number of amides is 1. The number of carbonyl (C=O) groups is 1. The summed E-state index contributed by atoms with van der Waals surface area (Å²) in [5, 5.41) is 0. The maximum atomic E-state index is 12.7. The lowest BCUT2D eigenvalue weighted by molar-refractivity contribution is 0.0711. The largest absolute Gasteiger partial charge is 0.339 e. The molecule has 0 bridgehead atoms. The molecule has 1 saturated heterocycles. The van der Waals surface area contributed by atoms with Gasteiger partial charge >= 0.3 is 0 Å². The Bertz CT molecular complexity index is 718. The van der Waals surface area contributed by atoms with Crippen LogP contribution in [-0.2, 0) is 0 Å². The molecule has 4 heteroatoms. The van der Waals surface area contributed by atoms with Crippen molar-refractivity contribution in [3.8, 4) is 0 Å². The van der Waals surface area contributed by atoms with Crippen LogP contribution in [0, 0.1) is 20.8 Å². The van der Waals surface area contributed by atoms with E-state index in [1.807, 2.05) is 18.7 Å². The molecule has 3 rings (SSSR count). The van der Waals surface area contributed by atoms with E-state index < -0.39 is 0 Å². The number of likely N-dealkylation sites (tertiary alicyclic amines) is 1. The fraction of sp³-hybridized carbons (Fsp3) is 0.421. The number of hydrogen-bond acceptors (Lipinski definition) is 3. The van der Waals surface area contributed by atoms with Crippen molar-refractivity contribution < 1.29 is 4.79 Å². The lowest BCUT2D eigenvalue weighted by Gasteiger charge is -2.33. The molecule has 1 amide bonds. The van der Waals surface area contributed by atoms with Crippen molar-refractivity contribution in [1.29, 1.82) is 0 Å². The molecule has 0 unspecified atom stereocenters. The van der Waals surface area contributed by atoms with Crippen LogP contribution in [0.4, 0.5) is 0 Å². The number of piperidine rings is 1. The fourth-order valence-corrected chi connectivity index (χ4v) is 3.40. The molecule has 1 aliphatic rings. The van der Waals surface area contributed by atoms with Gasteiger partial charge in [-0.25, -0.2) is 9.97 Å². The Balaban J connectivity index is 1.69. The minimum absolute atomic E-state index is 0.0609. The van der Waals surface area contributed by atoms with Crippen LogP contribution in [0.1, 0.15) is 51.8 Å². The number of benzene rings is 1. The zero-order valence-electron chi connectivity index (χ0n) is 14.0. The number of hydrogen-bond donors (Lipinski definition) is 0. The van der Waals surface area contributed by atoms with Crippen molar-refractivity contribution in [3.63, 3.8) is 0 Å². The van der Waals surface area contributed by atoms with Gasteiger partial charge in [-0.3, -0.25) is 4.79 Å². The Labute approximate surface area is 137 Å². The maximum Gasteiger partial charge on any atom is 0.257 e. The highest BCUT2D eigenvalue weighted by molar-refractivity contribution is 5.95. The van der Waals surface area contributed by atoms with Crippen molar-refractivity contribution in [2.24, 2.45) is 0 Å². The molecule has 0 radical (unpaired) electrons. The van der Waals surface area contributed by atoms with Gasteiger partial charge in [0.1, 0.15) is 5.82 Å². The first-order chi connectivity index (χ1) is 11.1. The molecule has 0 spiro atoms. The van der Waals surface area contributed by atoms with E-state index in [2.05, 4.69) is 41.2 Å². The highest BCUT2D eigenvalue weighted by Crippen LogP contribution is 2.30. The van der Waals surface area contributed by atoms with Gasteiger partial charge in [-0.05, 0) is 50.7 Å². The van der Waals surface area contributed by atoms with Crippen molar-refractivity contribution >= 4 is 5.91 Å². The van der Waals surface area contributed by atoms with Crippen LogP contribution in [0.2, 0.25) is 0 Å². The Hall–Kier alpha value is -2.23. The SMILES string of the molecule is Cc1ncc(C(=O)N2CCC(c3ccccc3C)CC2)c(C)n1. The first-order valence-electron chi connectivity index (χ1n) is 8.21. The summed E-state index contributed by atoms with van der Waals surface area (Å²) in [5.74, 6) is 1.32. The first-order valence-corrected chi connectivity index (χ1v) is 8.21. The summed E-state index contributed by atoms with van der Waals surface area (Å²) < 4.78 is 0. The molecule has 2 aromatic rings. The van der Waals surface area contributed by atoms with Crippen molar-refractivity contribution in [2.75, 3.05) is 13.1 Å². The minimum atomic E-state index is 0.0609. The van der Waals surface area contributed by atoms with Crippen LogP contribution < -0.4 is 0 Å². The molecular weight excluding hydrogens is 286 g/mol. The van der Waals surface area contributed by atoms with E-state index in [9.17, 15) is 4.79 Å².